The molecular weight excluding hydrogens is 530 g/mol. The predicted octanol–water partition coefficient (Wildman–Crippen LogP) is 4.61. The molecule has 3 N–H and O–H groups in total. The number of nitrogens with one attached hydrogen (secondary N) is 3. The largest absolute Gasteiger partial charge is 0.491 e. The van der Waals surface area contributed by atoms with Crippen LogP contribution in [0, 0.1) is 0 Å². The normalized spacial score (nSPS) is 15.3. The van der Waals surface area contributed by atoms with Gasteiger partial charge in [-0.2, -0.15) is 4.98 Å². The van der Waals surface area contributed by atoms with Gasteiger partial charge in [0, 0.05) is 19.3 Å². The Labute approximate surface area is 229 Å². The van der Waals surface area contributed by atoms with Crippen molar-refractivity contribution < 1.29 is 19.1 Å². The number of rotatable bonds is 7. The van der Waals surface area contributed by atoms with E-state index >= 15 is 0 Å². The van der Waals surface area contributed by atoms with E-state index in [1.165, 1.54) is 24.6 Å². The highest BCUT2D eigenvalue weighted by molar-refractivity contribution is 7.12. The van der Waals surface area contributed by atoms with E-state index in [4.69, 9.17) is 21.1 Å². The van der Waals surface area contributed by atoms with Crippen LogP contribution < -0.4 is 30.3 Å². The molecule has 0 spiro atoms. The summed E-state index contributed by atoms with van der Waals surface area (Å²) in [6.45, 7) is 3.46. The Balaban J connectivity index is 1.34. The summed E-state index contributed by atoms with van der Waals surface area (Å²) in [5, 5.41) is 11.2. The van der Waals surface area contributed by atoms with E-state index in [-0.39, 0.29) is 5.91 Å². The lowest BCUT2D eigenvalue weighted by Crippen LogP contribution is -2.39. The highest BCUT2D eigenvalue weighted by Gasteiger charge is 2.25. The fourth-order valence-corrected chi connectivity index (χ4v) is 5.14. The van der Waals surface area contributed by atoms with Gasteiger partial charge in [-0.15, -0.1) is 11.3 Å². The fourth-order valence-electron chi connectivity index (χ4n) is 4.30. The molecule has 1 fully saturated rings. The highest BCUT2D eigenvalue weighted by atomic mass is 35.5. The summed E-state index contributed by atoms with van der Waals surface area (Å²) in [7, 11) is 1.49. The Morgan fingerprint density at radius 1 is 1.16 bits per heavy atom. The van der Waals surface area contributed by atoms with E-state index in [1.54, 1.807) is 11.4 Å². The molecule has 0 unspecified atom stereocenters. The van der Waals surface area contributed by atoms with Crippen molar-refractivity contribution in [2.75, 3.05) is 55.4 Å². The molecule has 0 saturated carbocycles. The summed E-state index contributed by atoms with van der Waals surface area (Å²) in [5.41, 5.74) is 1.96. The van der Waals surface area contributed by atoms with Crippen LogP contribution >= 0.6 is 22.9 Å². The van der Waals surface area contributed by atoms with Gasteiger partial charge in [0.2, 0.25) is 16.9 Å². The third-order valence-corrected chi connectivity index (χ3v) is 7.23. The molecule has 2 aromatic heterocycles. The average molecular weight is 558 g/mol. The Kier molecular flexibility index (Phi) is 8.11. The van der Waals surface area contributed by atoms with Crippen LogP contribution in [0.5, 0.6) is 10.8 Å². The number of likely N-dealkylation sites (tertiary alicyclic amines) is 1. The number of hydrogen-bond acceptors (Lipinski definition) is 10. The molecule has 5 rings (SSSR count). The quantitative estimate of drug-likeness (QED) is 0.382. The molecule has 4 heterocycles. The number of carbonyl (C=O) groups is 2. The Hall–Kier alpha value is -3.61. The second-order valence-electron chi connectivity index (χ2n) is 8.81. The molecule has 1 saturated heterocycles. The van der Waals surface area contributed by atoms with Gasteiger partial charge in [-0.25, -0.2) is 9.78 Å². The van der Waals surface area contributed by atoms with Crippen LogP contribution in [0.4, 0.5) is 33.6 Å². The van der Waals surface area contributed by atoms with Crippen LogP contribution in [0.15, 0.2) is 35.8 Å². The van der Waals surface area contributed by atoms with Crippen molar-refractivity contribution in [1.29, 1.82) is 0 Å². The molecule has 38 heavy (non-hydrogen) atoms. The number of amides is 2. The number of thiophene rings is 1. The lowest BCUT2D eigenvalue weighted by atomic mass is 10.2. The number of aromatic nitrogens is 2. The molecule has 0 radical (unpaired) electrons. The fraction of sp³-hybridized carbons (Fsp3) is 0.360. The van der Waals surface area contributed by atoms with Gasteiger partial charge in [-0.3, -0.25) is 9.69 Å². The molecule has 3 aromatic rings. The number of anilines is 5. The number of hydrogen-bond donors (Lipinski definition) is 3. The van der Waals surface area contributed by atoms with E-state index in [2.05, 4.69) is 30.8 Å². The molecule has 11 nitrogen and oxygen atoms in total. The summed E-state index contributed by atoms with van der Waals surface area (Å²) in [4.78, 5) is 37.7. The number of fused-ring (bicyclic) bond motifs is 1. The molecule has 0 atom stereocenters. The van der Waals surface area contributed by atoms with Crippen molar-refractivity contribution in [2.24, 2.45) is 0 Å². The van der Waals surface area contributed by atoms with E-state index < -0.39 is 6.09 Å². The van der Waals surface area contributed by atoms with E-state index in [9.17, 15) is 9.59 Å². The molecule has 2 amide bonds. The monoisotopic (exact) mass is 557 g/mol. The van der Waals surface area contributed by atoms with E-state index in [0.29, 0.717) is 58.7 Å². The molecule has 200 valence electrons. The topological polar surface area (TPSA) is 121 Å². The van der Waals surface area contributed by atoms with Gasteiger partial charge in [-0.1, -0.05) is 11.6 Å². The van der Waals surface area contributed by atoms with Crippen molar-refractivity contribution in [3.05, 3.63) is 40.9 Å². The molecule has 1 aromatic carbocycles. The van der Waals surface area contributed by atoms with E-state index in [1.807, 2.05) is 23.1 Å². The zero-order chi connectivity index (χ0) is 26.5. The average Bonchev–Trinajstić information content (AvgIpc) is 3.53. The first-order chi connectivity index (χ1) is 18.5. The first-order valence-electron chi connectivity index (χ1n) is 12.3. The number of halogens is 1. The van der Waals surface area contributed by atoms with Crippen molar-refractivity contribution >= 4 is 63.8 Å². The van der Waals surface area contributed by atoms with Gasteiger partial charge in [0.05, 0.1) is 30.7 Å². The van der Waals surface area contributed by atoms with Gasteiger partial charge in [-0.05, 0) is 62.0 Å². The Morgan fingerprint density at radius 2 is 2.00 bits per heavy atom. The zero-order valence-electron chi connectivity index (χ0n) is 20.8. The van der Waals surface area contributed by atoms with Crippen LogP contribution in [0.25, 0.3) is 0 Å². The Bertz CT molecular complexity index is 1310. The van der Waals surface area contributed by atoms with Gasteiger partial charge in [0.1, 0.15) is 10.8 Å². The third-order valence-electron chi connectivity index (χ3n) is 6.16. The molecule has 0 bridgehead atoms. The van der Waals surface area contributed by atoms with Crippen LogP contribution in [-0.2, 0) is 4.79 Å². The maximum atomic E-state index is 13.2. The molecule has 2 aliphatic rings. The second kappa shape index (κ2) is 11.8. The number of nitrogens with zero attached hydrogens (tertiary/aromatic N) is 4. The molecule has 2 aliphatic heterocycles. The summed E-state index contributed by atoms with van der Waals surface area (Å²) < 4.78 is 11.2. The van der Waals surface area contributed by atoms with Gasteiger partial charge < -0.3 is 30.3 Å². The molecular formula is C25H28ClN7O4S. The van der Waals surface area contributed by atoms with Crippen LogP contribution in [0.1, 0.15) is 19.3 Å². The zero-order valence-corrected chi connectivity index (χ0v) is 22.4. The minimum atomic E-state index is -0.577. The number of carbonyl (C=O) groups excluding carboxylic acids is 2. The second-order valence-corrected chi connectivity index (χ2v) is 10.1. The lowest BCUT2D eigenvalue weighted by molar-refractivity contribution is -0.119. The van der Waals surface area contributed by atoms with Crippen LogP contribution in [-0.4, -0.2) is 66.7 Å². The highest BCUT2D eigenvalue weighted by Crippen LogP contribution is 2.37. The summed E-state index contributed by atoms with van der Waals surface area (Å²) in [6, 6.07) is 7.34. The smallest absolute Gasteiger partial charge is 0.413 e. The molecule has 0 aliphatic carbocycles. The number of benzene rings is 1. The van der Waals surface area contributed by atoms with Crippen molar-refractivity contribution in [3.8, 4) is 10.8 Å². The van der Waals surface area contributed by atoms with Gasteiger partial charge in [0.25, 0.3) is 0 Å². The van der Waals surface area contributed by atoms with Crippen molar-refractivity contribution in [3.63, 3.8) is 0 Å². The third kappa shape index (κ3) is 6.09. The van der Waals surface area contributed by atoms with Crippen molar-refractivity contribution in [1.82, 2.24) is 20.2 Å². The minimum Gasteiger partial charge on any atom is -0.491 e. The van der Waals surface area contributed by atoms with E-state index in [0.717, 1.165) is 38.0 Å². The van der Waals surface area contributed by atoms with Crippen molar-refractivity contribution in [2.45, 2.75) is 19.3 Å². The maximum Gasteiger partial charge on any atom is 0.413 e. The standard InChI is InChI=1S/C25H28ClN7O4S/c1-27-25(35)37-23-18(7-12-38-23)30-22-17(26)14-28-24(31-22)29-16-5-6-20-19(13-16)33(10-4-11-36-20)21(34)15-32-8-2-3-9-32/h5-7,12-14H,2-4,8-11,15H2,1H3,(H,27,35)(H2,28,29,30,31). The molecule has 13 heteroatoms. The van der Waals surface area contributed by atoms with Crippen LogP contribution in [0.2, 0.25) is 5.02 Å². The van der Waals surface area contributed by atoms with Crippen LogP contribution in [0.3, 0.4) is 0 Å². The van der Waals surface area contributed by atoms with Gasteiger partial charge >= 0.3 is 6.09 Å². The summed E-state index contributed by atoms with van der Waals surface area (Å²) in [5.74, 6) is 1.37. The van der Waals surface area contributed by atoms with Gasteiger partial charge in [0.15, 0.2) is 5.82 Å². The summed E-state index contributed by atoms with van der Waals surface area (Å²) >= 11 is 7.60. The first-order valence-corrected chi connectivity index (χ1v) is 13.6. The lowest BCUT2D eigenvalue weighted by Gasteiger charge is -2.25. The maximum absolute atomic E-state index is 13.2. The SMILES string of the molecule is CNC(=O)Oc1sccc1Nc1nc(Nc2ccc3c(c2)N(C(=O)CN2CCCC2)CCCO3)ncc1Cl. The summed E-state index contributed by atoms with van der Waals surface area (Å²) in [6.07, 6.45) is 3.92. The minimum absolute atomic E-state index is 0.0653. The predicted molar refractivity (Wildman–Crippen MR) is 148 cm³/mol. The number of ether oxygens (including phenoxy) is 2. The first kappa shape index (κ1) is 26.0. The Morgan fingerprint density at radius 3 is 2.82 bits per heavy atom.